The highest BCUT2D eigenvalue weighted by atomic mass is 16.5. The first-order valence-corrected chi connectivity index (χ1v) is 6.09. The van der Waals surface area contributed by atoms with Gasteiger partial charge in [-0.1, -0.05) is 13.8 Å². The summed E-state index contributed by atoms with van der Waals surface area (Å²) in [5, 5.41) is 11.2. The average molecular weight is 274 g/mol. The Bertz CT molecular complexity index is 330. The lowest BCUT2D eigenvalue weighted by atomic mass is 10.1. The van der Waals surface area contributed by atoms with Crippen molar-refractivity contribution in [1.82, 2.24) is 10.2 Å². The van der Waals surface area contributed by atoms with Crippen molar-refractivity contribution in [3.8, 4) is 0 Å². The Morgan fingerprint density at radius 3 is 2.32 bits per heavy atom. The highest BCUT2D eigenvalue weighted by Gasteiger charge is 2.24. The number of nitrogens with one attached hydrogen (secondary N) is 1. The number of carboxylic acid groups (broad SMARTS) is 1. The largest absolute Gasteiger partial charge is 0.480 e. The Kier molecular flexibility index (Phi) is 7.55. The molecule has 0 spiro atoms. The van der Waals surface area contributed by atoms with E-state index < -0.39 is 30.4 Å². The molecule has 0 radical (unpaired) electrons. The van der Waals surface area contributed by atoms with Gasteiger partial charge < -0.3 is 20.1 Å². The van der Waals surface area contributed by atoms with E-state index >= 15 is 0 Å². The summed E-state index contributed by atoms with van der Waals surface area (Å²) in [4.78, 5) is 35.1. The van der Waals surface area contributed by atoms with Crippen molar-refractivity contribution in [1.29, 1.82) is 0 Å². The number of methoxy groups -OCH3 is 1. The molecule has 2 N–H and O–H groups in total. The lowest BCUT2D eigenvalue weighted by molar-refractivity contribution is -0.147. The van der Waals surface area contributed by atoms with Crippen molar-refractivity contribution in [2.75, 3.05) is 20.7 Å². The number of urea groups is 1. The Labute approximate surface area is 112 Å². The second-order valence-corrected chi connectivity index (χ2v) is 4.72. The minimum atomic E-state index is -1.28. The fourth-order valence-electron chi connectivity index (χ4n) is 1.26. The van der Waals surface area contributed by atoms with Crippen molar-refractivity contribution in [3.63, 3.8) is 0 Å². The zero-order chi connectivity index (χ0) is 15.0. The summed E-state index contributed by atoms with van der Waals surface area (Å²) >= 11 is 0. The number of aliphatic carboxylic acids is 1. The van der Waals surface area contributed by atoms with Crippen LogP contribution in [-0.4, -0.2) is 54.7 Å². The molecule has 110 valence electrons. The van der Waals surface area contributed by atoms with E-state index in [2.05, 4.69) is 10.1 Å². The average Bonchev–Trinajstić information content (AvgIpc) is 2.34. The van der Waals surface area contributed by atoms with E-state index in [9.17, 15) is 14.4 Å². The number of hydrogen-bond donors (Lipinski definition) is 2. The third-order valence-electron chi connectivity index (χ3n) is 2.58. The molecule has 19 heavy (non-hydrogen) atoms. The number of ether oxygens (including phenoxy) is 1. The van der Waals surface area contributed by atoms with Crippen LogP contribution < -0.4 is 5.32 Å². The maximum Gasteiger partial charge on any atom is 0.326 e. The molecule has 0 saturated heterocycles. The first-order valence-electron chi connectivity index (χ1n) is 6.09. The first kappa shape index (κ1) is 17.2. The topological polar surface area (TPSA) is 95.9 Å². The number of carbonyl (C=O) groups is 3. The molecule has 0 aromatic heterocycles. The van der Waals surface area contributed by atoms with Crippen molar-refractivity contribution >= 4 is 18.0 Å². The van der Waals surface area contributed by atoms with Crippen molar-refractivity contribution in [2.24, 2.45) is 5.92 Å². The van der Waals surface area contributed by atoms with Gasteiger partial charge >= 0.3 is 18.0 Å². The summed E-state index contributed by atoms with van der Waals surface area (Å²) in [6.07, 6.45) is 0.425. The van der Waals surface area contributed by atoms with E-state index in [4.69, 9.17) is 5.11 Å². The van der Waals surface area contributed by atoms with Gasteiger partial charge in [0, 0.05) is 13.6 Å². The zero-order valence-corrected chi connectivity index (χ0v) is 11.8. The number of rotatable bonds is 7. The van der Waals surface area contributed by atoms with Crippen LogP contribution in [0, 0.1) is 5.92 Å². The van der Waals surface area contributed by atoms with Crippen LogP contribution in [0.15, 0.2) is 0 Å². The molecular formula is C12H22N2O5. The number of amides is 2. The second kappa shape index (κ2) is 8.34. The first-order chi connectivity index (χ1) is 8.77. The molecular weight excluding hydrogens is 252 g/mol. The summed E-state index contributed by atoms with van der Waals surface area (Å²) in [6.45, 7) is 4.58. The predicted octanol–water partition coefficient (Wildman–Crippen LogP) is 0.690. The molecule has 0 aromatic carbocycles. The van der Waals surface area contributed by atoms with E-state index in [1.165, 1.54) is 4.90 Å². The SMILES string of the molecule is COC(=O)C[C@H](NC(=O)N(C)CCC(C)C)C(=O)O. The molecule has 0 fully saturated rings. The van der Waals surface area contributed by atoms with E-state index in [1.54, 1.807) is 7.05 Å². The van der Waals surface area contributed by atoms with Crippen LogP contribution >= 0.6 is 0 Å². The standard InChI is InChI=1S/C12H22N2O5/c1-8(2)5-6-14(3)12(18)13-9(11(16)17)7-10(15)19-4/h8-9H,5-7H2,1-4H3,(H,13,18)(H,16,17)/t9-/m0/s1. The lowest BCUT2D eigenvalue weighted by Crippen LogP contribution is -2.48. The monoisotopic (exact) mass is 274 g/mol. The van der Waals surface area contributed by atoms with Gasteiger partial charge in [-0.3, -0.25) is 4.79 Å². The van der Waals surface area contributed by atoms with Gasteiger partial charge in [-0.25, -0.2) is 9.59 Å². The van der Waals surface area contributed by atoms with Gasteiger partial charge in [-0.2, -0.15) is 0 Å². The summed E-state index contributed by atoms with van der Waals surface area (Å²) in [5.41, 5.74) is 0. The van der Waals surface area contributed by atoms with Crippen LogP contribution in [0.1, 0.15) is 26.7 Å². The van der Waals surface area contributed by atoms with Gasteiger partial charge in [0.15, 0.2) is 0 Å². The molecule has 2 amide bonds. The highest BCUT2D eigenvalue weighted by Crippen LogP contribution is 2.02. The maximum atomic E-state index is 11.7. The number of carbonyl (C=O) groups excluding carboxylic acids is 2. The number of carboxylic acids is 1. The fourth-order valence-corrected chi connectivity index (χ4v) is 1.26. The van der Waals surface area contributed by atoms with Gasteiger partial charge in [0.1, 0.15) is 6.04 Å². The molecule has 0 aromatic rings. The number of esters is 1. The fraction of sp³-hybridized carbons (Fsp3) is 0.750. The molecule has 0 saturated carbocycles. The van der Waals surface area contributed by atoms with Gasteiger partial charge in [0.25, 0.3) is 0 Å². The maximum absolute atomic E-state index is 11.7. The molecule has 0 bridgehead atoms. The van der Waals surface area contributed by atoms with Gasteiger partial charge in [0.2, 0.25) is 0 Å². The summed E-state index contributed by atoms with van der Waals surface area (Å²) in [7, 11) is 2.74. The highest BCUT2D eigenvalue weighted by molar-refractivity contribution is 5.86. The minimum Gasteiger partial charge on any atom is -0.480 e. The molecule has 0 aliphatic carbocycles. The molecule has 7 heteroatoms. The van der Waals surface area contributed by atoms with Gasteiger partial charge in [-0.05, 0) is 12.3 Å². The Hall–Kier alpha value is -1.79. The van der Waals surface area contributed by atoms with Crippen LogP contribution in [0.3, 0.4) is 0 Å². The van der Waals surface area contributed by atoms with Gasteiger partial charge in [0.05, 0.1) is 13.5 Å². The molecule has 0 rings (SSSR count). The quantitative estimate of drug-likeness (QED) is 0.666. The van der Waals surface area contributed by atoms with E-state index in [0.29, 0.717) is 12.5 Å². The smallest absolute Gasteiger partial charge is 0.326 e. The third kappa shape index (κ3) is 7.28. The molecule has 0 unspecified atom stereocenters. The van der Waals surface area contributed by atoms with Crippen LogP contribution in [0.2, 0.25) is 0 Å². The number of hydrogen-bond acceptors (Lipinski definition) is 4. The Morgan fingerprint density at radius 1 is 1.32 bits per heavy atom. The van der Waals surface area contributed by atoms with Gasteiger partial charge in [-0.15, -0.1) is 0 Å². The third-order valence-corrected chi connectivity index (χ3v) is 2.58. The van der Waals surface area contributed by atoms with Crippen LogP contribution in [-0.2, 0) is 14.3 Å². The van der Waals surface area contributed by atoms with E-state index in [-0.39, 0.29) is 0 Å². The summed E-state index contributed by atoms with van der Waals surface area (Å²) < 4.78 is 4.38. The lowest BCUT2D eigenvalue weighted by Gasteiger charge is -2.21. The minimum absolute atomic E-state index is 0.393. The summed E-state index contributed by atoms with van der Waals surface area (Å²) in [5.74, 6) is -1.51. The molecule has 7 nitrogen and oxygen atoms in total. The van der Waals surface area contributed by atoms with Crippen molar-refractivity contribution in [2.45, 2.75) is 32.7 Å². The van der Waals surface area contributed by atoms with Crippen LogP contribution in [0.5, 0.6) is 0 Å². The van der Waals surface area contributed by atoms with Crippen molar-refractivity contribution in [3.05, 3.63) is 0 Å². The molecule has 0 aliphatic rings. The Morgan fingerprint density at radius 2 is 1.89 bits per heavy atom. The molecule has 0 heterocycles. The molecule has 1 atom stereocenters. The van der Waals surface area contributed by atoms with E-state index in [0.717, 1.165) is 13.5 Å². The predicted molar refractivity (Wildman–Crippen MR) is 68.7 cm³/mol. The van der Waals surface area contributed by atoms with Crippen molar-refractivity contribution < 1.29 is 24.2 Å². The van der Waals surface area contributed by atoms with Crippen LogP contribution in [0.25, 0.3) is 0 Å². The zero-order valence-electron chi connectivity index (χ0n) is 11.8. The normalized spacial score (nSPS) is 11.8. The number of nitrogens with zero attached hydrogens (tertiary/aromatic N) is 1. The van der Waals surface area contributed by atoms with E-state index in [1.807, 2.05) is 13.8 Å². The summed E-state index contributed by atoms with van der Waals surface area (Å²) in [6, 6.07) is -1.79. The molecule has 0 aliphatic heterocycles. The van der Waals surface area contributed by atoms with Crippen LogP contribution in [0.4, 0.5) is 4.79 Å². The second-order valence-electron chi connectivity index (χ2n) is 4.72. The Balaban J connectivity index is 4.38.